The predicted octanol–water partition coefficient (Wildman–Crippen LogP) is 4.24. The van der Waals surface area contributed by atoms with Crippen molar-refractivity contribution in [3.05, 3.63) is 36.2 Å². The molecule has 1 aromatic carbocycles. The van der Waals surface area contributed by atoms with Gasteiger partial charge in [0.15, 0.2) is 5.75 Å². The molecule has 20 heavy (non-hydrogen) atoms. The second-order valence-electron chi connectivity index (χ2n) is 4.53. The van der Waals surface area contributed by atoms with Gasteiger partial charge in [0.25, 0.3) is 0 Å². The van der Waals surface area contributed by atoms with Crippen molar-refractivity contribution in [2.24, 2.45) is 0 Å². The Hall–Kier alpha value is -1.93. The van der Waals surface area contributed by atoms with Gasteiger partial charge in [-0.1, -0.05) is 13.0 Å². The summed E-state index contributed by atoms with van der Waals surface area (Å²) in [4.78, 5) is 0.948. The summed E-state index contributed by atoms with van der Waals surface area (Å²) in [5.74, 6) is 2.15. The zero-order valence-electron chi connectivity index (χ0n) is 11.8. The third kappa shape index (κ3) is 3.14. The Morgan fingerprint density at radius 3 is 2.85 bits per heavy atom. The van der Waals surface area contributed by atoms with E-state index in [0.717, 1.165) is 10.6 Å². The van der Waals surface area contributed by atoms with Gasteiger partial charge in [-0.3, -0.25) is 4.68 Å². The maximum absolute atomic E-state index is 9.33. The summed E-state index contributed by atoms with van der Waals surface area (Å²) in [6.45, 7) is 6.16. The molecule has 0 saturated carbocycles. The van der Waals surface area contributed by atoms with Crippen molar-refractivity contribution in [1.82, 2.24) is 9.78 Å². The fourth-order valence-corrected chi connectivity index (χ4v) is 2.54. The Balaban J connectivity index is 2.28. The number of nitrogens with zero attached hydrogens (tertiary/aromatic N) is 3. The molecule has 2 aromatic rings. The van der Waals surface area contributed by atoms with Gasteiger partial charge in [-0.15, -0.1) is 11.8 Å². The van der Waals surface area contributed by atoms with E-state index in [2.05, 4.69) is 31.9 Å². The van der Waals surface area contributed by atoms with Gasteiger partial charge >= 0.3 is 0 Å². The van der Waals surface area contributed by atoms with Crippen molar-refractivity contribution in [3.8, 4) is 17.6 Å². The molecular formula is C15H17N3OS. The van der Waals surface area contributed by atoms with Crippen LogP contribution in [0.5, 0.6) is 11.5 Å². The standard InChI is InChI=1S/C15H17N3OS/c1-4-20-15-7-5-6-14(13(15)8-16)19-12-9-17-18(10-12)11(2)3/h5-7,9-11H,4H2,1-3H3. The van der Waals surface area contributed by atoms with Crippen LogP contribution in [0, 0.1) is 11.3 Å². The summed E-state index contributed by atoms with van der Waals surface area (Å²) in [5, 5.41) is 13.6. The molecule has 1 heterocycles. The summed E-state index contributed by atoms with van der Waals surface area (Å²) >= 11 is 1.64. The van der Waals surface area contributed by atoms with Gasteiger partial charge in [-0.25, -0.2) is 0 Å². The predicted molar refractivity (Wildman–Crippen MR) is 80.2 cm³/mol. The molecule has 1 aromatic heterocycles. The number of hydrogen-bond acceptors (Lipinski definition) is 4. The van der Waals surface area contributed by atoms with E-state index in [1.165, 1.54) is 0 Å². The Bertz CT molecular complexity index is 628. The zero-order chi connectivity index (χ0) is 14.5. The number of rotatable bonds is 5. The highest BCUT2D eigenvalue weighted by Gasteiger charge is 2.11. The lowest BCUT2D eigenvalue weighted by Crippen LogP contribution is -1.99. The molecular weight excluding hydrogens is 270 g/mol. The number of nitriles is 1. The molecule has 2 rings (SSSR count). The molecule has 0 saturated heterocycles. The van der Waals surface area contributed by atoms with E-state index in [1.54, 1.807) is 18.0 Å². The van der Waals surface area contributed by atoms with Gasteiger partial charge in [0.05, 0.1) is 12.4 Å². The molecule has 0 amide bonds. The maximum Gasteiger partial charge on any atom is 0.165 e. The van der Waals surface area contributed by atoms with Crippen LogP contribution in [0.1, 0.15) is 32.4 Å². The quantitative estimate of drug-likeness (QED) is 0.772. The molecule has 104 valence electrons. The van der Waals surface area contributed by atoms with E-state index < -0.39 is 0 Å². The molecule has 0 fully saturated rings. The van der Waals surface area contributed by atoms with Crippen molar-refractivity contribution in [3.63, 3.8) is 0 Å². The maximum atomic E-state index is 9.33. The van der Waals surface area contributed by atoms with Crippen LogP contribution in [0.2, 0.25) is 0 Å². The van der Waals surface area contributed by atoms with Crippen LogP contribution < -0.4 is 4.74 Å². The number of aromatic nitrogens is 2. The lowest BCUT2D eigenvalue weighted by molar-refractivity contribution is 0.474. The van der Waals surface area contributed by atoms with Gasteiger partial charge < -0.3 is 4.74 Å². The SMILES string of the molecule is CCSc1cccc(Oc2cnn(C(C)C)c2)c1C#N. The molecule has 0 aliphatic heterocycles. The van der Waals surface area contributed by atoms with Crippen LogP contribution in [0.3, 0.4) is 0 Å². The highest BCUT2D eigenvalue weighted by Crippen LogP contribution is 2.32. The van der Waals surface area contributed by atoms with E-state index >= 15 is 0 Å². The normalized spacial score (nSPS) is 10.6. The number of hydrogen-bond donors (Lipinski definition) is 0. The van der Waals surface area contributed by atoms with Crippen molar-refractivity contribution in [2.45, 2.75) is 31.7 Å². The molecule has 0 bridgehead atoms. The molecule has 4 nitrogen and oxygen atoms in total. The first kappa shape index (κ1) is 14.5. The molecule has 0 aliphatic rings. The third-order valence-corrected chi connectivity index (χ3v) is 3.67. The van der Waals surface area contributed by atoms with E-state index in [0.29, 0.717) is 17.1 Å². The van der Waals surface area contributed by atoms with Crippen molar-refractivity contribution in [2.75, 3.05) is 5.75 Å². The van der Waals surface area contributed by atoms with Crippen LogP contribution >= 0.6 is 11.8 Å². The van der Waals surface area contributed by atoms with E-state index in [9.17, 15) is 5.26 Å². The minimum Gasteiger partial charge on any atom is -0.453 e. The third-order valence-electron chi connectivity index (χ3n) is 2.73. The van der Waals surface area contributed by atoms with E-state index in [1.807, 2.05) is 29.1 Å². The molecule has 0 aliphatic carbocycles. The summed E-state index contributed by atoms with van der Waals surface area (Å²) in [7, 11) is 0. The Morgan fingerprint density at radius 2 is 2.25 bits per heavy atom. The molecule has 0 unspecified atom stereocenters. The van der Waals surface area contributed by atoms with Crippen molar-refractivity contribution >= 4 is 11.8 Å². The minimum absolute atomic E-state index is 0.282. The van der Waals surface area contributed by atoms with Crippen LogP contribution in [-0.2, 0) is 0 Å². The first-order chi connectivity index (χ1) is 9.65. The second kappa shape index (κ2) is 6.49. The van der Waals surface area contributed by atoms with Crippen LogP contribution in [0.15, 0.2) is 35.5 Å². The fourth-order valence-electron chi connectivity index (χ4n) is 1.76. The molecule has 0 atom stereocenters. The second-order valence-corrected chi connectivity index (χ2v) is 5.83. The smallest absolute Gasteiger partial charge is 0.165 e. The molecule has 0 radical (unpaired) electrons. The van der Waals surface area contributed by atoms with Crippen molar-refractivity contribution in [1.29, 1.82) is 5.26 Å². The molecule has 0 spiro atoms. The summed E-state index contributed by atoms with van der Waals surface area (Å²) < 4.78 is 7.62. The van der Waals surface area contributed by atoms with Gasteiger partial charge in [-0.05, 0) is 31.7 Å². The molecule has 0 N–H and O–H groups in total. The Kier molecular flexibility index (Phi) is 4.70. The average molecular weight is 287 g/mol. The summed E-state index contributed by atoms with van der Waals surface area (Å²) in [6.07, 6.45) is 3.51. The van der Waals surface area contributed by atoms with Gasteiger partial charge in [0.1, 0.15) is 17.4 Å². The number of benzene rings is 1. The lowest BCUT2D eigenvalue weighted by Gasteiger charge is -2.08. The number of thioether (sulfide) groups is 1. The van der Waals surface area contributed by atoms with Crippen LogP contribution in [0.25, 0.3) is 0 Å². The largest absolute Gasteiger partial charge is 0.453 e. The van der Waals surface area contributed by atoms with Gasteiger partial charge in [-0.2, -0.15) is 10.4 Å². The highest BCUT2D eigenvalue weighted by molar-refractivity contribution is 7.99. The first-order valence-electron chi connectivity index (χ1n) is 6.53. The van der Waals surface area contributed by atoms with Gasteiger partial charge in [0, 0.05) is 10.9 Å². The zero-order valence-corrected chi connectivity index (χ0v) is 12.6. The minimum atomic E-state index is 0.282. The highest BCUT2D eigenvalue weighted by atomic mass is 32.2. The van der Waals surface area contributed by atoms with Crippen LogP contribution in [-0.4, -0.2) is 15.5 Å². The Labute approximate surface area is 123 Å². The average Bonchev–Trinajstić information content (AvgIpc) is 2.88. The number of ether oxygens (including phenoxy) is 1. The topological polar surface area (TPSA) is 50.8 Å². The molecule has 5 heteroatoms. The summed E-state index contributed by atoms with van der Waals surface area (Å²) in [5.41, 5.74) is 0.580. The Morgan fingerprint density at radius 1 is 1.45 bits per heavy atom. The fraction of sp³-hybridized carbons (Fsp3) is 0.333. The van der Waals surface area contributed by atoms with Crippen molar-refractivity contribution < 1.29 is 4.74 Å². The monoisotopic (exact) mass is 287 g/mol. The van der Waals surface area contributed by atoms with Gasteiger partial charge in [0.2, 0.25) is 0 Å². The lowest BCUT2D eigenvalue weighted by atomic mass is 10.2. The summed E-state index contributed by atoms with van der Waals surface area (Å²) in [6, 6.07) is 8.16. The van der Waals surface area contributed by atoms with E-state index in [-0.39, 0.29) is 6.04 Å². The van der Waals surface area contributed by atoms with E-state index in [4.69, 9.17) is 4.74 Å². The first-order valence-corrected chi connectivity index (χ1v) is 7.52. The van der Waals surface area contributed by atoms with Crippen LogP contribution in [0.4, 0.5) is 0 Å².